The lowest BCUT2D eigenvalue weighted by Crippen LogP contribution is -2.39. The van der Waals surface area contributed by atoms with Crippen molar-refractivity contribution in [1.82, 2.24) is 4.90 Å². The molecule has 0 N–H and O–H groups in total. The van der Waals surface area contributed by atoms with Gasteiger partial charge in [0.15, 0.2) is 0 Å². The lowest BCUT2D eigenvalue weighted by Gasteiger charge is -2.25. The number of amides is 1. The van der Waals surface area contributed by atoms with E-state index in [9.17, 15) is 9.59 Å². The zero-order valence-electron chi connectivity index (χ0n) is 16.3. The summed E-state index contributed by atoms with van der Waals surface area (Å²) in [6, 6.07) is 7.52. The highest BCUT2D eigenvalue weighted by Gasteiger charge is 2.21. The van der Waals surface area contributed by atoms with Gasteiger partial charge in [0, 0.05) is 26.3 Å². The Morgan fingerprint density at radius 2 is 1.81 bits per heavy atom. The number of hydrogen-bond acceptors (Lipinski definition) is 5. The molecule has 146 valence electrons. The van der Waals surface area contributed by atoms with Crippen molar-refractivity contribution in [2.45, 2.75) is 33.6 Å². The molecule has 0 bridgehead atoms. The summed E-state index contributed by atoms with van der Waals surface area (Å²) < 4.78 is 15.5. The fourth-order valence-electron chi connectivity index (χ4n) is 2.58. The smallest absolute Gasteiger partial charge is 0.310 e. The van der Waals surface area contributed by atoms with Crippen molar-refractivity contribution in [2.75, 3.05) is 40.0 Å². The monoisotopic (exact) mass is 365 g/mol. The standard InChI is InChI=1S/C20H31NO5/c1-5-25-13-7-12-21(15-16(3)20(23)24-4)19(22)14-17-8-10-18(11-9-17)26-6-2/h8-11,16H,5-7,12-15H2,1-4H3. The van der Waals surface area contributed by atoms with E-state index in [1.54, 1.807) is 11.8 Å². The predicted octanol–water partition coefficient (Wildman–Crippen LogP) is 2.69. The number of methoxy groups -OCH3 is 1. The Bertz CT molecular complexity index is 544. The Morgan fingerprint density at radius 3 is 2.38 bits per heavy atom. The van der Waals surface area contributed by atoms with E-state index in [4.69, 9.17) is 14.2 Å². The van der Waals surface area contributed by atoms with Crippen LogP contribution in [0.1, 0.15) is 32.8 Å². The van der Waals surface area contributed by atoms with Gasteiger partial charge in [-0.05, 0) is 38.0 Å². The zero-order valence-corrected chi connectivity index (χ0v) is 16.3. The minimum absolute atomic E-state index is 0.0126. The molecular formula is C20H31NO5. The van der Waals surface area contributed by atoms with Gasteiger partial charge in [-0.15, -0.1) is 0 Å². The maximum absolute atomic E-state index is 12.7. The molecule has 1 rings (SSSR count). The first-order valence-electron chi connectivity index (χ1n) is 9.16. The lowest BCUT2D eigenvalue weighted by molar-refractivity contribution is -0.146. The van der Waals surface area contributed by atoms with E-state index in [1.165, 1.54) is 7.11 Å². The number of esters is 1. The van der Waals surface area contributed by atoms with Crippen molar-refractivity contribution in [1.29, 1.82) is 0 Å². The van der Waals surface area contributed by atoms with Crippen molar-refractivity contribution < 1.29 is 23.8 Å². The Balaban J connectivity index is 2.69. The Hall–Kier alpha value is -2.08. The molecule has 1 aromatic rings. The van der Waals surface area contributed by atoms with E-state index in [-0.39, 0.29) is 24.2 Å². The van der Waals surface area contributed by atoms with E-state index in [2.05, 4.69) is 0 Å². The molecule has 0 aromatic heterocycles. The van der Waals surface area contributed by atoms with Gasteiger partial charge in [0.25, 0.3) is 0 Å². The van der Waals surface area contributed by atoms with Gasteiger partial charge in [0.1, 0.15) is 5.75 Å². The van der Waals surface area contributed by atoms with E-state index in [1.807, 2.05) is 38.1 Å². The average molecular weight is 365 g/mol. The fraction of sp³-hybridized carbons (Fsp3) is 0.600. The van der Waals surface area contributed by atoms with Crippen molar-refractivity contribution >= 4 is 11.9 Å². The van der Waals surface area contributed by atoms with Gasteiger partial charge in [0.05, 0.1) is 26.1 Å². The maximum atomic E-state index is 12.7. The van der Waals surface area contributed by atoms with Crippen molar-refractivity contribution in [3.8, 4) is 5.75 Å². The number of carbonyl (C=O) groups is 2. The summed E-state index contributed by atoms with van der Waals surface area (Å²) in [7, 11) is 1.36. The molecule has 1 atom stereocenters. The highest BCUT2D eigenvalue weighted by atomic mass is 16.5. The van der Waals surface area contributed by atoms with Crippen LogP contribution in [0.5, 0.6) is 5.75 Å². The van der Waals surface area contributed by atoms with Crippen LogP contribution < -0.4 is 4.74 Å². The van der Waals surface area contributed by atoms with Crippen molar-refractivity contribution in [3.63, 3.8) is 0 Å². The zero-order chi connectivity index (χ0) is 19.4. The molecule has 0 spiro atoms. The number of nitrogens with zero attached hydrogens (tertiary/aromatic N) is 1. The molecule has 1 unspecified atom stereocenters. The summed E-state index contributed by atoms with van der Waals surface area (Å²) in [5.74, 6) is 0.100. The second-order valence-electron chi connectivity index (χ2n) is 6.07. The largest absolute Gasteiger partial charge is 0.494 e. The third-order valence-corrected chi connectivity index (χ3v) is 3.96. The third-order valence-electron chi connectivity index (χ3n) is 3.96. The van der Waals surface area contributed by atoms with Gasteiger partial charge in [-0.2, -0.15) is 0 Å². The predicted molar refractivity (Wildman–Crippen MR) is 100 cm³/mol. The van der Waals surface area contributed by atoms with Gasteiger partial charge in [-0.1, -0.05) is 19.1 Å². The fourth-order valence-corrected chi connectivity index (χ4v) is 2.58. The molecule has 0 aliphatic rings. The molecular weight excluding hydrogens is 334 g/mol. The quantitative estimate of drug-likeness (QED) is 0.421. The summed E-state index contributed by atoms with van der Waals surface area (Å²) in [6.07, 6.45) is 1.02. The molecule has 6 heteroatoms. The van der Waals surface area contributed by atoms with Crippen LogP contribution in [0.4, 0.5) is 0 Å². The lowest BCUT2D eigenvalue weighted by atomic mass is 10.1. The highest BCUT2D eigenvalue weighted by Crippen LogP contribution is 2.14. The van der Waals surface area contributed by atoms with Crippen LogP contribution in [-0.4, -0.2) is 56.8 Å². The van der Waals surface area contributed by atoms with Crippen LogP contribution >= 0.6 is 0 Å². The van der Waals surface area contributed by atoms with Crippen LogP contribution in [0.25, 0.3) is 0 Å². The number of rotatable bonds is 12. The van der Waals surface area contributed by atoms with Crippen LogP contribution in [0.15, 0.2) is 24.3 Å². The Morgan fingerprint density at radius 1 is 1.12 bits per heavy atom. The molecule has 0 fully saturated rings. The van der Waals surface area contributed by atoms with Gasteiger partial charge in [-0.3, -0.25) is 9.59 Å². The van der Waals surface area contributed by atoms with E-state index < -0.39 is 0 Å². The van der Waals surface area contributed by atoms with E-state index in [0.29, 0.717) is 32.9 Å². The van der Waals surface area contributed by atoms with E-state index >= 15 is 0 Å². The van der Waals surface area contributed by atoms with Crippen LogP contribution in [0.3, 0.4) is 0 Å². The molecule has 1 amide bonds. The number of benzene rings is 1. The first-order chi connectivity index (χ1) is 12.5. The summed E-state index contributed by atoms with van der Waals surface area (Å²) in [6.45, 7) is 8.39. The number of carbonyl (C=O) groups excluding carboxylic acids is 2. The molecule has 0 aliphatic heterocycles. The molecule has 26 heavy (non-hydrogen) atoms. The molecule has 6 nitrogen and oxygen atoms in total. The van der Waals surface area contributed by atoms with Gasteiger partial charge < -0.3 is 19.1 Å². The first-order valence-corrected chi connectivity index (χ1v) is 9.16. The van der Waals surface area contributed by atoms with Crippen LogP contribution in [0, 0.1) is 5.92 Å². The van der Waals surface area contributed by atoms with Gasteiger partial charge in [0.2, 0.25) is 5.91 Å². The molecule has 0 saturated heterocycles. The summed E-state index contributed by atoms with van der Waals surface area (Å²) in [5.41, 5.74) is 0.916. The minimum Gasteiger partial charge on any atom is -0.494 e. The van der Waals surface area contributed by atoms with Crippen LogP contribution in [-0.2, 0) is 25.5 Å². The Kier molecular flexibility index (Phi) is 10.4. The third kappa shape index (κ3) is 7.87. The second kappa shape index (κ2) is 12.3. The average Bonchev–Trinajstić information content (AvgIpc) is 2.65. The Labute approximate surface area is 156 Å². The van der Waals surface area contributed by atoms with E-state index in [0.717, 1.165) is 17.7 Å². The summed E-state index contributed by atoms with van der Waals surface area (Å²) in [4.78, 5) is 26.2. The number of ether oxygens (including phenoxy) is 3. The van der Waals surface area contributed by atoms with Gasteiger partial charge >= 0.3 is 5.97 Å². The maximum Gasteiger partial charge on any atom is 0.310 e. The number of hydrogen-bond donors (Lipinski definition) is 0. The summed E-state index contributed by atoms with van der Waals surface area (Å²) in [5, 5.41) is 0. The van der Waals surface area contributed by atoms with Crippen molar-refractivity contribution in [3.05, 3.63) is 29.8 Å². The van der Waals surface area contributed by atoms with Crippen molar-refractivity contribution in [2.24, 2.45) is 5.92 Å². The SMILES string of the molecule is CCOCCCN(CC(C)C(=O)OC)C(=O)Cc1ccc(OCC)cc1. The second-order valence-corrected chi connectivity index (χ2v) is 6.07. The first kappa shape index (κ1) is 22.0. The minimum atomic E-state index is -0.364. The molecule has 1 aromatic carbocycles. The van der Waals surface area contributed by atoms with Gasteiger partial charge in [-0.25, -0.2) is 0 Å². The molecule has 0 aliphatic carbocycles. The highest BCUT2D eigenvalue weighted by molar-refractivity contribution is 5.80. The normalized spacial score (nSPS) is 11.7. The van der Waals surface area contributed by atoms with Crippen LogP contribution in [0.2, 0.25) is 0 Å². The molecule has 0 radical (unpaired) electrons. The topological polar surface area (TPSA) is 65.1 Å². The molecule has 0 saturated carbocycles. The summed E-state index contributed by atoms with van der Waals surface area (Å²) >= 11 is 0. The molecule has 0 heterocycles.